The quantitative estimate of drug-likeness (QED) is 0.618. The molecule has 1 unspecified atom stereocenters. The molecule has 0 aromatic rings. The van der Waals surface area contributed by atoms with Crippen LogP contribution in [-0.2, 0) is 0 Å². The Kier molecular flexibility index (Phi) is 3.20. The van der Waals surface area contributed by atoms with Crippen LogP contribution in [0.2, 0.25) is 0 Å². The van der Waals surface area contributed by atoms with Gasteiger partial charge >= 0.3 is 0 Å². The van der Waals surface area contributed by atoms with Crippen LogP contribution in [-0.4, -0.2) is 13.1 Å². The van der Waals surface area contributed by atoms with Crippen molar-refractivity contribution in [2.75, 3.05) is 7.05 Å². The summed E-state index contributed by atoms with van der Waals surface area (Å²) in [5.74, 6) is 1.10. The molecule has 0 aromatic heterocycles. The summed E-state index contributed by atoms with van der Waals surface area (Å²) in [5.41, 5.74) is 0. The monoisotopic (exact) mass is 141 g/mol. The second-order valence-electron chi connectivity index (χ2n) is 3.41. The van der Waals surface area contributed by atoms with Crippen molar-refractivity contribution in [3.05, 3.63) is 0 Å². The van der Waals surface area contributed by atoms with Gasteiger partial charge in [0, 0.05) is 6.04 Å². The highest BCUT2D eigenvalue weighted by Crippen LogP contribution is 2.33. The molecule has 0 spiro atoms. The second-order valence-corrected chi connectivity index (χ2v) is 3.41. The fraction of sp³-hybridized carbons (Fsp3) is 1.00. The minimum atomic E-state index is 0.778. The first kappa shape index (κ1) is 8.06. The molecule has 0 saturated heterocycles. The minimum absolute atomic E-state index is 0.778. The van der Waals surface area contributed by atoms with Crippen molar-refractivity contribution in [1.29, 1.82) is 0 Å². The first-order valence-electron chi connectivity index (χ1n) is 4.54. The van der Waals surface area contributed by atoms with Crippen molar-refractivity contribution < 1.29 is 0 Å². The Labute approximate surface area is 64.2 Å². The second kappa shape index (κ2) is 3.97. The van der Waals surface area contributed by atoms with Gasteiger partial charge in [-0.25, -0.2) is 0 Å². The van der Waals surface area contributed by atoms with Crippen molar-refractivity contribution in [3.63, 3.8) is 0 Å². The maximum atomic E-state index is 3.33. The lowest BCUT2D eigenvalue weighted by atomic mass is 10.1. The van der Waals surface area contributed by atoms with E-state index < -0.39 is 0 Å². The molecule has 1 aliphatic rings. The maximum Gasteiger partial charge on any atom is 0.00615 e. The molecule has 1 fully saturated rings. The molecule has 0 amide bonds. The summed E-state index contributed by atoms with van der Waals surface area (Å²) in [5, 5.41) is 3.33. The van der Waals surface area contributed by atoms with Crippen LogP contribution in [0.15, 0.2) is 0 Å². The van der Waals surface area contributed by atoms with E-state index in [2.05, 4.69) is 19.3 Å². The van der Waals surface area contributed by atoms with Crippen LogP contribution in [0, 0.1) is 5.92 Å². The molecule has 1 nitrogen and oxygen atoms in total. The smallest absolute Gasteiger partial charge is 0.00615 e. The molecule has 1 rings (SSSR count). The average molecular weight is 141 g/mol. The largest absolute Gasteiger partial charge is 0.317 e. The van der Waals surface area contributed by atoms with Crippen LogP contribution in [0.4, 0.5) is 0 Å². The Morgan fingerprint density at radius 3 is 2.60 bits per heavy atom. The van der Waals surface area contributed by atoms with Gasteiger partial charge in [-0.2, -0.15) is 0 Å². The Balaban J connectivity index is 1.97. The van der Waals surface area contributed by atoms with Gasteiger partial charge in [0.15, 0.2) is 0 Å². The topological polar surface area (TPSA) is 12.0 Å². The van der Waals surface area contributed by atoms with Crippen LogP contribution in [0.3, 0.4) is 0 Å². The molecule has 1 aliphatic carbocycles. The predicted molar refractivity (Wildman–Crippen MR) is 45.1 cm³/mol. The highest BCUT2D eigenvalue weighted by Gasteiger charge is 2.21. The maximum absolute atomic E-state index is 3.33. The van der Waals surface area contributed by atoms with Crippen LogP contribution >= 0.6 is 0 Å². The lowest BCUT2D eigenvalue weighted by Crippen LogP contribution is -2.23. The summed E-state index contributed by atoms with van der Waals surface area (Å²) >= 11 is 0. The molecular formula is C9H19N. The van der Waals surface area contributed by atoms with E-state index >= 15 is 0 Å². The molecule has 1 N–H and O–H groups in total. The van der Waals surface area contributed by atoms with Gasteiger partial charge < -0.3 is 5.32 Å². The molecule has 60 valence electrons. The fourth-order valence-corrected chi connectivity index (χ4v) is 1.40. The van der Waals surface area contributed by atoms with Gasteiger partial charge in [-0.1, -0.05) is 19.8 Å². The van der Waals surface area contributed by atoms with Gasteiger partial charge in [-0.3, -0.25) is 0 Å². The number of hydrogen-bond acceptors (Lipinski definition) is 1. The third-order valence-electron chi connectivity index (χ3n) is 2.52. The van der Waals surface area contributed by atoms with Gasteiger partial charge in [0.1, 0.15) is 0 Å². The van der Waals surface area contributed by atoms with E-state index in [-0.39, 0.29) is 0 Å². The van der Waals surface area contributed by atoms with Crippen LogP contribution in [0.1, 0.15) is 39.0 Å². The summed E-state index contributed by atoms with van der Waals surface area (Å²) < 4.78 is 0. The van der Waals surface area contributed by atoms with E-state index in [1.165, 1.54) is 32.1 Å². The zero-order valence-corrected chi connectivity index (χ0v) is 7.19. The SMILES string of the molecule is CCC(CCC1CC1)NC. The van der Waals surface area contributed by atoms with E-state index in [0.717, 1.165) is 12.0 Å². The first-order chi connectivity index (χ1) is 4.86. The van der Waals surface area contributed by atoms with Gasteiger partial charge in [0.2, 0.25) is 0 Å². The zero-order chi connectivity index (χ0) is 7.40. The Morgan fingerprint density at radius 2 is 2.20 bits per heavy atom. The molecule has 0 heterocycles. The van der Waals surface area contributed by atoms with Crippen molar-refractivity contribution in [3.8, 4) is 0 Å². The molecule has 0 aliphatic heterocycles. The predicted octanol–water partition coefficient (Wildman–Crippen LogP) is 2.17. The number of hydrogen-bond donors (Lipinski definition) is 1. The number of nitrogens with one attached hydrogen (secondary N) is 1. The molecule has 0 aromatic carbocycles. The Bertz CT molecular complexity index is 82.7. The lowest BCUT2D eigenvalue weighted by molar-refractivity contribution is 0.476. The van der Waals surface area contributed by atoms with Gasteiger partial charge in [-0.05, 0) is 32.2 Å². The van der Waals surface area contributed by atoms with Crippen LogP contribution in [0.25, 0.3) is 0 Å². The van der Waals surface area contributed by atoms with Crippen LogP contribution in [0.5, 0.6) is 0 Å². The van der Waals surface area contributed by atoms with E-state index in [1.54, 1.807) is 0 Å². The van der Waals surface area contributed by atoms with E-state index in [1.807, 2.05) is 0 Å². The highest BCUT2D eigenvalue weighted by atomic mass is 14.9. The minimum Gasteiger partial charge on any atom is -0.317 e. The van der Waals surface area contributed by atoms with Crippen molar-refractivity contribution in [2.24, 2.45) is 5.92 Å². The molecule has 10 heavy (non-hydrogen) atoms. The van der Waals surface area contributed by atoms with E-state index in [0.29, 0.717) is 0 Å². The standard InChI is InChI=1S/C9H19N/c1-3-9(10-2)7-6-8-4-5-8/h8-10H,3-7H2,1-2H3. The normalized spacial score (nSPS) is 21.0. The van der Waals surface area contributed by atoms with Crippen molar-refractivity contribution >= 4 is 0 Å². The Morgan fingerprint density at radius 1 is 1.50 bits per heavy atom. The van der Waals surface area contributed by atoms with Gasteiger partial charge in [0.05, 0.1) is 0 Å². The molecule has 1 atom stereocenters. The molecule has 0 bridgehead atoms. The fourth-order valence-electron chi connectivity index (χ4n) is 1.40. The molecule has 1 saturated carbocycles. The zero-order valence-electron chi connectivity index (χ0n) is 7.19. The lowest BCUT2D eigenvalue weighted by Gasteiger charge is -2.12. The third kappa shape index (κ3) is 2.70. The van der Waals surface area contributed by atoms with E-state index in [9.17, 15) is 0 Å². The summed E-state index contributed by atoms with van der Waals surface area (Å²) in [6.45, 7) is 2.26. The summed E-state index contributed by atoms with van der Waals surface area (Å²) in [4.78, 5) is 0. The van der Waals surface area contributed by atoms with E-state index in [4.69, 9.17) is 0 Å². The molecule has 0 radical (unpaired) electrons. The van der Waals surface area contributed by atoms with Crippen LogP contribution < -0.4 is 5.32 Å². The summed E-state index contributed by atoms with van der Waals surface area (Å²) in [6, 6.07) is 0.778. The molecular weight excluding hydrogens is 122 g/mol. The average Bonchev–Trinajstić information content (AvgIpc) is 2.74. The summed E-state index contributed by atoms with van der Waals surface area (Å²) in [7, 11) is 2.07. The van der Waals surface area contributed by atoms with Crippen molar-refractivity contribution in [1.82, 2.24) is 5.32 Å². The summed E-state index contributed by atoms with van der Waals surface area (Å²) in [6.07, 6.45) is 7.13. The third-order valence-corrected chi connectivity index (χ3v) is 2.52. The Hall–Kier alpha value is -0.0400. The van der Waals surface area contributed by atoms with Crippen molar-refractivity contribution in [2.45, 2.75) is 45.1 Å². The van der Waals surface area contributed by atoms with Gasteiger partial charge in [0.25, 0.3) is 0 Å². The first-order valence-corrected chi connectivity index (χ1v) is 4.54. The van der Waals surface area contributed by atoms with Gasteiger partial charge in [-0.15, -0.1) is 0 Å². The molecule has 1 heteroatoms. The highest BCUT2D eigenvalue weighted by molar-refractivity contribution is 4.75. The number of rotatable bonds is 5.